The lowest BCUT2D eigenvalue weighted by Crippen LogP contribution is -2.46. The highest BCUT2D eigenvalue weighted by molar-refractivity contribution is 7.70. The molecule has 0 saturated carbocycles. The van der Waals surface area contributed by atoms with E-state index >= 15 is 0 Å². The van der Waals surface area contributed by atoms with Gasteiger partial charge < -0.3 is 24.8 Å². The number of nitrogens with zero attached hydrogens (tertiary/aromatic N) is 2. The molecule has 1 saturated heterocycles. The van der Waals surface area contributed by atoms with Crippen LogP contribution in [-0.2, 0) is 11.0 Å². The van der Waals surface area contributed by atoms with Crippen LogP contribution >= 0.6 is 18.5 Å². The molecule has 12 heteroatoms. The minimum Gasteiger partial charge on any atom is -0.477 e. The number of ether oxygens (including phenoxy) is 1. The van der Waals surface area contributed by atoms with Gasteiger partial charge in [-0.25, -0.2) is 4.39 Å². The summed E-state index contributed by atoms with van der Waals surface area (Å²) in [6.07, 6.45) is -6.07. The predicted octanol–water partition coefficient (Wildman–Crippen LogP) is 6.07. The van der Waals surface area contributed by atoms with Crippen molar-refractivity contribution < 1.29 is 26.9 Å². The first-order valence-electron chi connectivity index (χ1n) is 13.0. The first-order valence-corrected chi connectivity index (χ1v) is 16.4. The Labute approximate surface area is 241 Å². The van der Waals surface area contributed by atoms with E-state index in [1.807, 2.05) is 18.0 Å². The van der Waals surface area contributed by atoms with Gasteiger partial charge >= 0.3 is 6.18 Å². The van der Waals surface area contributed by atoms with Crippen molar-refractivity contribution in [2.45, 2.75) is 31.2 Å². The van der Waals surface area contributed by atoms with Gasteiger partial charge in [-0.15, -0.1) is 11.3 Å². The molecule has 0 radical (unpaired) electrons. The number of hydrogen-bond acceptors (Lipinski definition) is 7. The topological polar surface area (TPSA) is 77.4 Å². The summed E-state index contributed by atoms with van der Waals surface area (Å²) in [6.45, 7) is 4.16. The van der Waals surface area contributed by atoms with Gasteiger partial charge in [-0.3, -0.25) is 0 Å². The minimum atomic E-state index is -4.43. The van der Waals surface area contributed by atoms with Crippen molar-refractivity contribution in [2.24, 2.45) is 0 Å². The van der Waals surface area contributed by atoms with Crippen molar-refractivity contribution >= 4 is 45.2 Å². The van der Waals surface area contributed by atoms with Crippen LogP contribution in [0.3, 0.4) is 0 Å². The fourth-order valence-electron chi connectivity index (χ4n) is 4.67. The molecule has 0 unspecified atom stereocenters. The Kier molecular flexibility index (Phi) is 9.54. The van der Waals surface area contributed by atoms with Crippen LogP contribution in [0.2, 0.25) is 0 Å². The van der Waals surface area contributed by atoms with Crippen LogP contribution in [0, 0.1) is 23.2 Å². The first-order chi connectivity index (χ1) is 19.4. The summed E-state index contributed by atoms with van der Waals surface area (Å²) in [4.78, 5) is 2.21. The molecule has 1 aliphatic rings. The highest BCUT2D eigenvalue weighted by Gasteiger charge is 2.32. The largest absolute Gasteiger partial charge is 0.477 e. The molecule has 2 N–H and O–H groups in total. The fourth-order valence-corrected chi connectivity index (χ4v) is 6.70. The molecule has 4 rings (SSSR count). The lowest BCUT2D eigenvalue weighted by atomic mass is 10.0. The first kappa shape index (κ1) is 30.7. The molecule has 2 atom stereocenters. The van der Waals surface area contributed by atoms with E-state index in [4.69, 9.17) is 10.00 Å². The van der Waals surface area contributed by atoms with Gasteiger partial charge in [0.25, 0.3) is 0 Å². The van der Waals surface area contributed by atoms with Crippen molar-refractivity contribution in [3.8, 4) is 23.7 Å². The van der Waals surface area contributed by atoms with E-state index in [1.54, 1.807) is 49.7 Å². The van der Waals surface area contributed by atoms with Crippen LogP contribution in [0.1, 0.15) is 16.9 Å². The number of piperidine rings is 1. The van der Waals surface area contributed by atoms with E-state index in [-0.39, 0.29) is 18.7 Å². The molecule has 2 aromatic carbocycles. The number of nitrogens with one attached hydrogen (secondary N) is 2. The number of rotatable bonds is 8. The summed E-state index contributed by atoms with van der Waals surface area (Å²) >= 11 is 1.16. The average molecular weight is 607 g/mol. The number of fused-ring (bicyclic) bond motifs is 1. The standard InChI is InChI=1S/C29H31F4N4O2PS/c1-37-14-11-23(22(30)18-37)36-25-7-4-6-20-21(17-29(31,32)33)27(41-28(20)25)8-5-13-35-24-10-9-19(40(2,3)38)16-26(24)39-15-12-34/h4,6-7,9-10,16,22-23,35-36H,11,13-15,17-18H2,1-3H3/t22-,23-/m0/s1. The van der Waals surface area contributed by atoms with Crippen LogP contribution in [-0.4, -0.2) is 69.9 Å². The molecule has 3 aromatic rings. The van der Waals surface area contributed by atoms with Gasteiger partial charge in [0.1, 0.15) is 25.1 Å². The van der Waals surface area contributed by atoms with Crippen LogP contribution in [0.5, 0.6) is 5.75 Å². The van der Waals surface area contributed by atoms with Crippen molar-refractivity contribution in [1.82, 2.24) is 4.90 Å². The summed E-state index contributed by atoms with van der Waals surface area (Å²) in [7, 11) is -0.709. The van der Waals surface area contributed by atoms with Gasteiger partial charge in [0.15, 0.2) is 6.61 Å². The Morgan fingerprint density at radius 2 is 2.00 bits per heavy atom. The van der Waals surface area contributed by atoms with Crippen molar-refractivity contribution in [2.75, 3.05) is 57.3 Å². The molecule has 1 aliphatic heterocycles. The third kappa shape index (κ3) is 7.95. The maximum atomic E-state index is 14.7. The summed E-state index contributed by atoms with van der Waals surface area (Å²) in [5, 5.41) is 16.3. The predicted molar refractivity (Wildman–Crippen MR) is 158 cm³/mol. The number of hydrogen-bond donors (Lipinski definition) is 2. The van der Waals surface area contributed by atoms with Gasteiger partial charge in [-0.05, 0) is 62.0 Å². The van der Waals surface area contributed by atoms with Crippen molar-refractivity contribution in [1.29, 1.82) is 5.26 Å². The zero-order valence-corrected chi connectivity index (χ0v) is 24.7. The number of thiophene rings is 1. The normalized spacial score (nSPS) is 17.9. The number of halogens is 4. The Bertz CT molecular complexity index is 1550. The number of nitriles is 1. The minimum absolute atomic E-state index is 0.0854. The van der Waals surface area contributed by atoms with E-state index in [1.165, 1.54) is 0 Å². The number of alkyl halides is 4. The van der Waals surface area contributed by atoms with Gasteiger partial charge in [-0.2, -0.15) is 18.4 Å². The summed E-state index contributed by atoms with van der Waals surface area (Å²) < 4.78 is 74.0. The molecule has 1 aromatic heterocycles. The van der Waals surface area contributed by atoms with Crippen molar-refractivity contribution in [3.63, 3.8) is 0 Å². The molecular weight excluding hydrogens is 575 g/mol. The van der Waals surface area contributed by atoms with Gasteiger partial charge in [0.05, 0.1) is 40.0 Å². The Morgan fingerprint density at radius 3 is 2.68 bits per heavy atom. The Hall–Kier alpha value is -3.24. The molecule has 0 amide bonds. The van der Waals surface area contributed by atoms with Crippen LogP contribution in [0.15, 0.2) is 36.4 Å². The third-order valence-electron chi connectivity index (χ3n) is 6.73. The summed E-state index contributed by atoms with van der Waals surface area (Å²) in [5.74, 6) is 6.14. The molecule has 0 aliphatic carbocycles. The molecule has 41 heavy (non-hydrogen) atoms. The smallest absolute Gasteiger partial charge is 0.393 e. The number of likely N-dealkylation sites (tertiary alicyclic amines) is 1. The van der Waals surface area contributed by atoms with Crippen LogP contribution in [0.25, 0.3) is 10.1 Å². The van der Waals surface area contributed by atoms with E-state index in [2.05, 4.69) is 22.5 Å². The molecule has 218 valence electrons. The molecule has 1 fully saturated rings. The van der Waals surface area contributed by atoms with E-state index < -0.39 is 32.0 Å². The van der Waals surface area contributed by atoms with Gasteiger partial charge in [0, 0.05) is 18.4 Å². The molecule has 0 bridgehead atoms. The third-order valence-corrected chi connectivity index (χ3v) is 9.45. The molecule has 0 spiro atoms. The van der Waals surface area contributed by atoms with E-state index in [0.717, 1.165) is 17.9 Å². The van der Waals surface area contributed by atoms with E-state index in [0.29, 0.717) is 50.4 Å². The number of benzene rings is 2. The monoisotopic (exact) mass is 606 g/mol. The summed E-state index contributed by atoms with van der Waals surface area (Å²) in [6, 6.07) is 11.5. The summed E-state index contributed by atoms with van der Waals surface area (Å²) in [5.41, 5.74) is 1.21. The van der Waals surface area contributed by atoms with E-state index in [9.17, 15) is 22.1 Å². The highest BCUT2D eigenvalue weighted by Crippen LogP contribution is 2.40. The van der Waals surface area contributed by atoms with Gasteiger partial charge in [0.2, 0.25) is 0 Å². The zero-order chi connectivity index (χ0) is 29.8. The second-order valence-corrected chi connectivity index (χ2v) is 14.6. The lowest BCUT2D eigenvalue weighted by Gasteiger charge is -2.33. The molecule has 2 heterocycles. The zero-order valence-electron chi connectivity index (χ0n) is 22.9. The fraction of sp³-hybridized carbons (Fsp3) is 0.414. The van der Waals surface area contributed by atoms with Gasteiger partial charge in [-0.1, -0.05) is 24.0 Å². The van der Waals surface area contributed by atoms with Crippen LogP contribution < -0.4 is 20.7 Å². The quantitative estimate of drug-likeness (QED) is 0.184. The second-order valence-electron chi connectivity index (χ2n) is 10.3. The SMILES string of the molecule is CN1CC[C@H](Nc2cccc3c(CC(F)(F)F)c(C#CCNc4ccc(P(C)(C)=O)cc4OCC#N)sc23)[C@@H](F)C1. The second kappa shape index (κ2) is 12.7. The number of anilines is 2. The molecule has 6 nitrogen and oxygen atoms in total. The maximum Gasteiger partial charge on any atom is 0.393 e. The average Bonchev–Trinajstić information content (AvgIpc) is 3.23. The Balaban J connectivity index is 1.61. The lowest BCUT2D eigenvalue weighted by molar-refractivity contribution is -0.126. The van der Waals surface area contributed by atoms with Crippen LogP contribution in [0.4, 0.5) is 28.9 Å². The van der Waals surface area contributed by atoms with Crippen molar-refractivity contribution in [3.05, 3.63) is 46.8 Å². The highest BCUT2D eigenvalue weighted by atomic mass is 32.1. The maximum absolute atomic E-state index is 14.7. The molecular formula is C29H31F4N4O2PS. The Morgan fingerprint density at radius 1 is 1.22 bits per heavy atom.